The summed E-state index contributed by atoms with van der Waals surface area (Å²) in [6.07, 6.45) is 0. The van der Waals surface area contributed by atoms with E-state index in [0.717, 1.165) is 5.75 Å². The lowest BCUT2D eigenvalue weighted by atomic mass is 10.2. The van der Waals surface area contributed by atoms with Crippen LogP contribution in [0.4, 0.5) is 4.39 Å². The van der Waals surface area contributed by atoms with Gasteiger partial charge in [-0.2, -0.15) is 0 Å². The number of carbonyl (C=O) groups is 1. The SMILES string of the molecule is CCOc1cccc(OCCNC(=O)c2ccc(F)cc2)c1. The van der Waals surface area contributed by atoms with Crippen LogP contribution in [0.15, 0.2) is 48.5 Å². The van der Waals surface area contributed by atoms with Gasteiger partial charge in [0.2, 0.25) is 0 Å². The molecular formula is C17H18FNO3. The second kappa shape index (κ2) is 8.02. The monoisotopic (exact) mass is 303 g/mol. The normalized spacial score (nSPS) is 10.1. The first-order valence-corrected chi connectivity index (χ1v) is 7.08. The van der Waals surface area contributed by atoms with E-state index in [4.69, 9.17) is 9.47 Å². The molecule has 0 aliphatic carbocycles. The highest BCUT2D eigenvalue weighted by atomic mass is 19.1. The van der Waals surface area contributed by atoms with E-state index in [1.165, 1.54) is 24.3 Å². The van der Waals surface area contributed by atoms with Crippen LogP contribution in [0.3, 0.4) is 0 Å². The molecule has 116 valence electrons. The molecule has 1 amide bonds. The number of hydrogen-bond donors (Lipinski definition) is 1. The molecule has 0 aromatic heterocycles. The van der Waals surface area contributed by atoms with Crippen LogP contribution >= 0.6 is 0 Å². The number of nitrogens with one attached hydrogen (secondary N) is 1. The number of halogens is 1. The van der Waals surface area contributed by atoms with Crippen molar-refractivity contribution in [2.75, 3.05) is 19.8 Å². The minimum Gasteiger partial charge on any atom is -0.494 e. The van der Waals surface area contributed by atoms with Crippen molar-refractivity contribution in [1.82, 2.24) is 5.32 Å². The van der Waals surface area contributed by atoms with Crippen molar-refractivity contribution >= 4 is 5.91 Å². The summed E-state index contributed by atoms with van der Waals surface area (Å²) in [5, 5.41) is 2.71. The number of hydrogen-bond acceptors (Lipinski definition) is 3. The molecule has 5 heteroatoms. The summed E-state index contributed by atoms with van der Waals surface area (Å²) in [5.74, 6) is 0.804. The predicted molar refractivity (Wildman–Crippen MR) is 81.8 cm³/mol. The fourth-order valence-electron chi connectivity index (χ4n) is 1.86. The van der Waals surface area contributed by atoms with Crippen LogP contribution < -0.4 is 14.8 Å². The average molecular weight is 303 g/mol. The third kappa shape index (κ3) is 4.77. The Morgan fingerprint density at radius 3 is 2.45 bits per heavy atom. The van der Waals surface area contributed by atoms with Crippen LogP contribution in [0, 0.1) is 5.82 Å². The Balaban J connectivity index is 1.76. The van der Waals surface area contributed by atoms with Crippen molar-refractivity contribution < 1.29 is 18.7 Å². The van der Waals surface area contributed by atoms with Crippen LogP contribution in [0.1, 0.15) is 17.3 Å². The number of benzene rings is 2. The fraction of sp³-hybridized carbons (Fsp3) is 0.235. The third-order valence-electron chi connectivity index (χ3n) is 2.88. The summed E-state index contributed by atoms with van der Waals surface area (Å²) < 4.78 is 23.7. The zero-order valence-corrected chi connectivity index (χ0v) is 12.3. The topological polar surface area (TPSA) is 47.6 Å². The van der Waals surface area contributed by atoms with E-state index in [1.807, 2.05) is 25.1 Å². The summed E-state index contributed by atoms with van der Waals surface area (Å²) in [6, 6.07) is 12.7. The zero-order valence-electron chi connectivity index (χ0n) is 12.3. The number of carbonyl (C=O) groups excluding carboxylic acids is 1. The molecule has 0 spiro atoms. The van der Waals surface area contributed by atoms with E-state index in [1.54, 1.807) is 6.07 Å². The lowest BCUT2D eigenvalue weighted by Crippen LogP contribution is -2.28. The largest absolute Gasteiger partial charge is 0.494 e. The Kier molecular flexibility index (Phi) is 5.77. The molecule has 0 fully saturated rings. The van der Waals surface area contributed by atoms with Gasteiger partial charge in [-0.3, -0.25) is 4.79 Å². The van der Waals surface area contributed by atoms with E-state index < -0.39 is 0 Å². The van der Waals surface area contributed by atoms with Crippen molar-refractivity contribution in [3.63, 3.8) is 0 Å². The van der Waals surface area contributed by atoms with Gasteiger partial charge in [0.15, 0.2) is 0 Å². The van der Waals surface area contributed by atoms with Gasteiger partial charge in [0.25, 0.3) is 5.91 Å². The molecule has 0 unspecified atom stereocenters. The van der Waals surface area contributed by atoms with Crippen LogP contribution in [0.5, 0.6) is 11.5 Å². The zero-order chi connectivity index (χ0) is 15.8. The summed E-state index contributed by atoms with van der Waals surface area (Å²) >= 11 is 0. The molecule has 0 radical (unpaired) electrons. The van der Waals surface area contributed by atoms with Gasteiger partial charge in [0.1, 0.15) is 23.9 Å². The van der Waals surface area contributed by atoms with Crippen molar-refractivity contribution in [1.29, 1.82) is 0 Å². The second-order valence-corrected chi connectivity index (χ2v) is 4.52. The number of amides is 1. The quantitative estimate of drug-likeness (QED) is 0.800. The molecule has 4 nitrogen and oxygen atoms in total. The van der Waals surface area contributed by atoms with Gasteiger partial charge < -0.3 is 14.8 Å². The molecule has 2 aromatic carbocycles. The van der Waals surface area contributed by atoms with Gasteiger partial charge in [-0.15, -0.1) is 0 Å². The first kappa shape index (κ1) is 15.8. The summed E-state index contributed by atoms with van der Waals surface area (Å²) in [6.45, 7) is 3.20. The van der Waals surface area contributed by atoms with E-state index >= 15 is 0 Å². The summed E-state index contributed by atoms with van der Waals surface area (Å²) in [7, 11) is 0. The summed E-state index contributed by atoms with van der Waals surface area (Å²) in [4.78, 5) is 11.8. The van der Waals surface area contributed by atoms with Crippen molar-refractivity contribution in [2.45, 2.75) is 6.92 Å². The highest BCUT2D eigenvalue weighted by molar-refractivity contribution is 5.94. The molecule has 0 saturated carbocycles. The standard InChI is InChI=1S/C17H18FNO3/c1-2-21-15-4-3-5-16(12-15)22-11-10-19-17(20)13-6-8-14(18)9-7-13/h3-9,12H,2,10-11H2,1H3,(H,19,20). The van der Waals surface area contributed by atoms with E-state index in [2.05, 4.69) is 5.32 Å². The van der Waals surface area contributed by atoms with Gasteiger partial charge in [0.05, 0.1) is 13.2 Å². The van der Waals surface area contributed by atoms with Gasteiger partial charge in [-0.25, -0.2) is 4.39 Å². The molecule has 0 aliphatic heterocycles. The minimum absolute atomic E-state index is 0.258. The lowest BCUT2D eigenvalue weighted by Gasteiger charge is -2.09. The van der Waals surface area contributed by atoms with E-state index in [0.29, 0.717) is 31.1 Å². The highest BCUT2D eigenvalue weighted by Gasteiger charge is 2.04. The average Bonchev–Trinajstić information content (AvgIpc) is 2.53. The first-order chi connectivity index (χ1) is 10.7. The number of ether oxygens (including phenoxy) is 2. The summed E-state index contributed by atoms with van der Waals surface area (Å²) in [5.41, 5.74) is 0.416. The molecule has 0 aliphatic rings. The predicted octanol–water partition coefficient (Wildman–Crippen LogP) is 3.03. The molecule has 22 heavy (non-hydrogen) atoms. The van der Waals surface area contributed by atoms with Crippen LogP contribution in [0.25, 0.3) is 0 Å². The van der Waals surface area contributed by atoms with Gasteiger partial charge >= 0.3 is 0 Å². The lowest BCUT2D eigenvalue weighted by molar-refractivity contribution is 0.0947. The maximum absolute atomic E-state index is 12.8. The van der Waals surface area contributed by atoms with Crippen molar-refractivity contribution in [3.8, 4) is 11.5 Å². The maximum Gasteiger partial charge on any atom is 0.251 e. The molecular weight excluding hydrogens is 285 g/mol. The molecule has 0 bridgehead atoms. The van der Waals surface area contributed by atoms with Gasteiger partial charge in [0, 0.05) is 11.6 Å². The Labute approximate surface area is 128 Å². The Bertz CT molecular complexity index is 614. The molecule has 0 saturated heterocycles. The van der Waals surface area contributed by atoms with Crippen LogP contribution in [-0.4, -0.2) is 25.7 Å². The smallest absolute Gasteiger partial charge is 0.251 e. The van der Waals surface area contributed by atoms with Gasteiger partial charge in [-0.05, 0) is 43.3 Å². The molecule has 2 rings (SSSR count). The second-order valence-electron chi connectivity index (χ2n) is 4.52. The Morgan fingerprint density at radius 2 is 1.77 bits per heavy atom. The third-order valence-corrected chi connectivity index (χ3v) is 2.88. The highest BCUT2D eigenvalue weighted by Crippen LogP contribution is 2.19. The Morgan fingerprint density at radius 1 is 1.09 bits per heavy atom. The molecule has 2 aromatic rings. The van der Waals surface area contributed by atoms with Crippen molar-refractivity contribution in [3.05, 3.63) is 59.9 Å². The minimum atomic E-state index is -0.367. The van der Waals surface area contributed by atoms with Crippen molar-refractivity contribution in [2.24, 2.45) is 0 Å². The van der Waals surface area contributed by atoms with E-state index in [9.17, 15) is 9.18 Å². The van der Waals surface area contributed by atoms with Crippen LogP contribution in [-0.2, 0) is 0 Å². The first-order valence-electron chi connectivity index (χ1n) is 7.08. The molecule has 0 heterocycles. The Hall–Kier alpha value is -2.56. The fourth-order valence-corrected chi connectivity index (χ4v) is 1.86. The van der Waals surface area contributed by atoms with E-state index in [-0.39, 0.29) is 11.7 Å². The molecule has 1 N–H and O–H groups in total. The maximum atomic E-state index is 12.8. The number of rotatable bonds is 7. The van der Waals surface area contributed by atoms with Gasteiger partial charge in [-0.1, -0.05) is 6.07 Å². The molecule has 0 atom stereocenters. The van der Waals surface area contributed by atoms with Crippen LogP contribution in [0.2, 0.25) is 0 Å².